The van der Waals surface area contributed by atoms with Crippen LogP contribution in [0.15, 0.2) is 71.6 Å². The quantitative estimate of drug-likeness (QED) is 0.212. The second-order valence-electron chi connectivity index (χ2n) is 9.84. The van der Waals surface area contributed by atoms with Gasteiger partial charge in [0.15, 0.2) is 0 Å². The monoisotopic (exact) mass is 633 g/mol. The number of benzene rings is 3. The first-order valence-electron chi connectivity index (χ1n) is 13.8. The van der Waals surface area contributed by atoms with Crippen LogP contribution in [-0.4, -0.2) is 50.9 Å². The minimum absolute atomic E-state index is 0.0137. The van der Waals surface area contributed by atoms with E-state index in [2.05, 4.69) is 5.32 Å². The van der Waals surface area contributed by atoms with Gasteiger partial charge in [-0.1, -0.05) is 60.3 Å². The molecule has 0 aliphatic heterocycles. The van der Waals surface area contributed by atoms with Crippen molar-refractivity contribution >= 4 is 50.7 Å². The molecule has 0 heterocycles. The van der Waals surface area contributed by atoms with E-state index in [0.29, 0.717) is 34.5 Å². The first-order valence-corrected chi connectivity index (χ1v) is 16.0. The normalized spacial score (nSPS) is 12.0. The van der Waals surface area contributed by atoms with Gasteiger partial charge in [0.1, 0.15) is 18.3 Å². The fraction of sp³-hybridized carbons (Fsp3) is 0.355. The lowest BCUT2D eigenvalue weighted by Crippen LogP contribution is -2.51. The van der Waals surface area contributed by atoms with E-state index in [1.165, 1.54) is 17.0 Å². The zero-order valence-electron chi connectivity index (χ0n) is 24.3. The predicted molar refractivity (Wildman–Crippen MR) is 168 cm³/mol. The molecule has 226 valence electrons. The Bertz CT molecular complexity index is 1460. The lowest BCUT2D eigenvalue weighted by Gasteiger charge is -2.32. The number of carbonyl (C=O) groups excluding carboxylic acids is 2. The molecule has 8 nitrogen and oxygen atoms in total. The maximum absolute atomic E-state index is 14.0. The molecule has 0 unspecified atom stereocenters. The van der Waals surface area contributed by atoms with Gasteiger partial charge in [0.25, 0.3) is 10.0 Å². The van der Waals surface area contributed by atoms with Gasteiger partial charge in [-0.2, -0.15) is 0 Å². The van der Waals surface area contributed by atoms with Crippen molar-refractivity contribution in [1.82, 2.24) is 10.2 Å². The highest BCUT2D eigenvalue weighted by molar-refractivity contribution is 7.92. The molecule has 2 amide bonds. The van der Waals surface area contributed by atoms with Crippen LogP contribution < -0.4 is 14.4 Å². The van der Waals surface area contributed by atoms with Crippen molar-refractivity contribution in [2.24, 2.45) is 0 Å². The fourth-order valence-corrected chi connectivity index (χ4v) is 5.93. The summed E-state index contributed by atoms with van der Waals surface area (Å²) in [6, 6.07) is 17.0. The molecule has 1 atom stereocenters. The minimum Gasteiger partial charge on any atom is -0.494 e. The highest BCUT2D eigenvalue weighted by atomic mass is 35.5. The molecule has 3 aromatic rings. The van der Waals surface area contributed by atoms with Crippen molar-refractivity contribution in [1.29, 1.82) is 0 Å². The molecule has 0 saturated carbocycles. The third-order valence-electron chi connectivity index (χ3n) is 6.66. The van der Waals surface area contributed by atoms with E-state index < -0.39 is 28.5 Å². The van der Waals surface area contributed by atoms with Crippen LogP contribution in [0.4, 0.5) is 5.69 Å². The zero-order valence-corrected chi connectivity index (χ0v) is 26.6. The van der Waals surface area contributed by atoms with E-state index in [1.54, 1.807) is 61.5 Å². The number of nitrogens with zero attached hydrogens (tertiary/aromatic N) is 2. The van der Waals surface area contributed by atoms with E-state index in [9.17, 15) is 18.0 Å². The van der Waals surface area contributed by atoms with Crippen molar-refractivity contribution in [3.63, 3.8) is 0 Å². The Morgan fingerprint density at radius 3 is 2.21 bits per heavy atom. The molecular formula is C31H37Cl2N3O5S. The summed E-state index contributed by atoms with van der Waals surface area (Å²) in [6.07, 6.45) is 1.69. The zero-order chi connectivity index (χ0) is 30.9. The summed E-state index contributed by atoms with van der Waals surface area (Å²) in [4.78, 5) is 28.5. The highest BCUT2D eigenvalue weighted by Gasteiger charge is 2.32. The number of aryl methyl sites for hydroxylation is 1. The Labute approximate surface area is 258 Å². The molecule has 3 rings (SSSR count). The number of rotatable bonds is 14. The highest BCUT2D eigenvalue weighted by Crippen LogP contribution is 2.28. The Hall–Kier alpha value is -3.27. The van der Waals surface area contributed by atoms with Crippen LogP contribution in [0.2, 0.25) is 10.0 Å². The van der Waals surface area contributed by atoms with Gasteiger partial charge in [0.05, 0.1) is 27.2 Å². The molecular weight excluding hydrogens is 597 g/mol. The van der Waals surface area contributed by atoms with Gasteiger partial charge in [0.2, 0.25) is 11.8 Å². The van der Waals surface area contributed by atoms with Crippen LogP contribution in [0.5, 0.6) is 5.75 Å². The summed E-state index contributed by atoms with van der Waals surface area (Å²) in [5.41, 5.74) is 1.82. The number of ether oxygens (including phenoxy) is 1. The molecule has 0 aliphatic rings. The van der Waals surface area contributed by atoms with Crippen molar-refractivity contribution < 1.29 is 22.7 Å². The molecule has 0 saturated heterocycles. The minimum atomic E-state index is -4.17. The van der Waals surface area contributed by atoms with Crippen molar-refractivity contribution in [3.05, 3.63) is 87.9 Å². The first kappa shape index (κ1) is 33.2. The van der Waals surface area contributed by atoms with E-state index in [0.717, 1.165) is 22.7 Å². The number of nitrogens with one attached hydrogen (secondary N) is 1. The van der Waals surface area contributed by atoms with Gasteiger partial charge in [-0.15, -0.1) is 0 Å². The molecule has 42 heavy (non-hydrogen) atoms. The predicted octanol–water partition coefficient (Wildman–Crippen LogP) is 6.23. The van der Waals surface area contributed by atoms with Crippen LogP contribution in [0.3, 0.4) is 0 Å². The maximum Gasteiger partial charge on any atom is 0.264 e. The summed E-state index contributed by atoms with van der Waals surface area (Å²) < 4.78 is 34.5. The SMILES string of the molecule is CCCCNC(=O)[C@@H](C)N(Cc1ccc(Cl)c(Cl)c1)C(=O)CN(c1ccc(OCC)cc1)S(=O)(=O)c1ccc(C)cc1. The second kappa shape index (κ2) is 15.3. The number of hydrogen-bond acceptors (Lipinski definition) is 5. The lowest BCUT2D eigenvalue weighted by molar-refractivity contribution is -0.139. The number of sulfonamides is 1. The summed E-state index contributed by atoms with van der Waals surface area (Å²) in [5.74, 6) is -0.339. The van der Waals surface area contributed by atoms with Crippen molar-refractivity contribution in [2.75, 3.05) is 24.0 Å². The van der Waals surface area contributed by atoms with Gasteiger partial charge in [0, 0.05) is 13.1 Å². The number of amides is 2. The van der Waals surface area contributed by atoms with Crippen LogP contribution in [-0.2, 0) is 26.2 Å². The van der Waals surface area contributed by atoms with Crippen LogP contribution in [0, 0.1) is 6.92 Å². The molecule has 1 N–H and O–H groups in total. The number of unbranched alkanes of at least 4 members (excludes halogenated alkanes) is 1. The number of anilines is 1. The number of carbonyl (C=O) groups is 2. The molecule has 0 aromatic heterocycles. The smallest absolute Gasteiger partial charge is 0.264 e. The third kappa shape index (κ3) is 8.63. The number of hydrogen-bond donors (Lipinski definition) is 1. The van der Waals surface area contributed by atoms with E-state index in [-0.39, 0.29) is 23.0 Å². The van der Waals surface area contributed by atoms with Crippen molar-refractivity contribution in [2.45, 2.75) is 58.0 Å². The van der Waals surface area contributed by atoms with E-state index in [4.69, 9.17) is 27.9 Å². The van der Waals surface area contributed by atoms with E-state index >= 15 is 0 Å². The molecule has 0 bridgehead atoms. The first-order chi connectivity index (χ1) is 20.0. The summed E-state index contributed by atoms with van der Waals surface area (Å²) in [6.45, 7) is 7.73. The fourth-order valence-electron chi connectivity index (χ4n) is 4.19. The Morgan fingerprint density at radius 1 is 0.952 bits per heavy atom. The molecule has 0 radical (unpaired) electrons. The number of halogens is 2. The van der Waals surface area contributed by atoms with Gasteiger partial charge < -0.3 is 15.0 Å². The second-order valence-corrected chi connectivity index (χ2v) is 12.5. The standard InChI is InChI=1S/C31H37Cl2N3O5S/c1-5-7-18-34-31(38)23(4)35(20-24-10-17-28(32)29(33)19-24)30(37)21-36(25-11-13-26(14-12-25)41-6-2)42(39,40)27-15-8-22(3)9-16-27/h8-17,19,23H,5-7,18,20-21H2,1-4H3,(H,34,38)/t23-/m1/s1. The molecule has 0 spiro atoms. The summed E-state index contributed by atoms with van der Waals surface area (Å²) in [5, 5.41) is 3.52. The summed E-state index contributed by atoms with van der Waals surface area (Å²) in [7, 11) is -4.17. The van der Waals surface area contributed by atoms with Gasteiger partial charge >= 0.3 is 0 Å². The van der Waals surface area contributed by atoms with Crippen LogP contribution >= 0.6 is 23.2 Å². The van der Waals surface area contributed by atoms with E-state index in [1.807, 2.05) is 20.8 Å². The largest absolute Gasteiger partial charge is 0.494 e. The van der Waals surface area contributed by atoms with Crippen LogP contribution in [0.1, 0.15) is 44.7 Å². The maximum atomic E-state index is 14.0. The van der Waals surface area contributed by atoms with Crippen LogP contribution in [0.25, 0.3) is 0 Å². The van der Waals surface area contributed by atoms with Gasteiger partial charge in [-0.3, -0.25) is 13.9 Å². The topological polar surface area (TPSA) is 96.0 Å². The van der Waals surface area contributed by atoms with Crippen molar-refractivity contribution in [3.8, 4) is 5.75 Å². The Balaban J connectivity index is 2.02. The molecule has 0 fully saturated rings. The molecule has 11 heteroatoms. The average molecular weight is 635 g/mol. The van der Waals surface area contributed by atoms with Gasteiger partial charge in [-0.25, -0.2) is 8.42 Å². The molecule has 3 aromatic carbocycles. The van der Waals surface area contributed by atoms with Gasteiger partial charge in [-0.05, 0) is 81.3 Å². The Kier molecular flexibility index (Phi) is 12.1. The molecule has 0 aliphatic carbocycles. The Morgan fingerprint density at radius 2 is 1.62 bits per heavy atom. The average Bonchev–Trinajstić information content (AvgIpc) is 2.97. The third-order valence-corrected chi connectivity index (χ3v) is 9.18. The lowest BCUT2D eigenvalue weighted by atomic mass is 10.1. The summed E-state index contributed by atoms with van der Waals surface area (Å²) >= 11 is 12.3.